The van der Waals surface area contributed by atoms with Crippen molar-refractivity contribution in [2.75, 3.05) is 19.0 Å². The summed E-state index contributed by atoms with van der Waals surface area (Å²) in [5.74, 6) is 0.716. The molecule has 0 saturated carbocycles. The number of rotatable bonds is 8. The van der Waals surface area contributed by atoms with Crippen molar-refractivity contribution in [1.29, 1.82) is 0 Å². The lowest BCUT2D eigenvalue weighted by atomic mass is 10.1. The summed E-state index contributed by atoms with van der Waals surface area (Å²) in [7, 11) is -1.92. The molecule has 1 aliphatic heterocycles. The zero-order valence-electron chi connectivity index (χ0n) is 14.6. The van der Waals surface area contributed by atoms with Gasteiger partial charge in [0.2, 0.25) is 15.9 Å². The molecule has 2 aromatic carbocycles. The second-order valence-electron chi connectivity index (χ2n) is 6.25. The van der Waals surface area contributed by atoms with E-state index in [1.54, 1.807) is 19.2 Å². The molecule has 0 fully saturated rings. The number of unbranched alkanes of at least 4 members (excludes halogenated alkanes) is 1. The Morgan fingerprint density at radius 1 is 1.12 bits per heavy atom. The second kappa shape index (κ2) is 7.88. The standard InChI is InChI=1S/C19H22N2O4S/c1-25-16-7-5-14(6-8-16)4-2-3-11-20-26(23,24)17-9-10-18-15(12-17)13-19(22)21-18/h5-10,12,20H,2-4,11,13H2,1H3,(H,21,22). The van der Waals surface area contributed by atoms with Gasteiger partial charge in [-0.1, -0.05) is 12.1 Å². The number of carbonyl (C=O) groups excluding carboxylic acids is 1. The van der Waals surface area contributed by atoms with Crippen LogP contribution in [0.15, 0.2) is 47.4 Å². The molecule has 2 aromatic rings. The molecule has 7 heteroatoms. The Morgan fingerprint density at radius 3 is 2.62 bits per heavy atom. The number of hydrogen-bond donors (Lipinski definition) is 2. The third-order valence-corrected chi connectivity index (χ3v) is 5.81. The van der Waals surface area contributed by atoms with E-state index in [0.717, 1.165) is 30.6 Å². The third kappa shape index (κ3) is 4.42. The van der Waals surface area contributed by atoms with E-state index in [-0.39, 0.29) is 17.2 Å². The fourth-order valence-corrected chi connectivity index (χ4v) is 4.03. The van der Waals surface area contributed by atoms with Gasteiger partial charge in [0.1, 0.15) is 5.75 Å². The highest BCUT2D eigenvalue weighted by molar-refractivity contribution is 7.89. The molecule has 0 bridgehead atoms. The minimum Gasteiger partial charge on any atom is -0.497 e. The molecule has 1 aliphatic rings. The van der Waals surface area contributed by atoms with Crippen molar-refractivity contribution >= 4 is 21.6 Å². The Hall–Kier alpha value is -2.38. The van der Waals surface area contributed by atoms with Crippen molar-refractivity contribution in [1.82, 2.24) is 4.72 Å². The Morgan fingerprint density at radius 2 is 1.88 bits per heavy atom. The van der Waals surface area contributed by atoms with E-state index in [2.05, 4.69) is 10.0 Å². The minimum atomic E-state index is -3.56. The zero-order chi connectivity index (χ0) is 18.6. The molecule has 138 valence electrons. The van der Waals surface area contributed by atoms with Gasteiger partial charge in [0.05, 0.1) is 18.4 Å². The fourth-order valence-electron chi connectivity index (χ4n) is 2.91. The average Bonchev–Trinajstić information content (AvgIpc) is 3.01. The smallest absolute Gasteiger partial charge is 0.240 e. The molecule has 1 amide bonds. The van der Waals surface area contributed by atoms with Crippen LogP contribution >= 0.6 is 0 Å². The number of amides is 1. The number of sulfonamides is 1. The largest absolute Gasteiger partial charge is 0.497 e. The lowest BCUT2D eigenvalue weighted by Crippen LogP contribution is -2.25. The highest BCUT2D eigenvalue weighted by Crippen LogP contribution is 2.25. The summed E-state index contributed by atoms with van der Waals surface area (Å²) >= 11 is 0. The van der Waals surface area contributed by atoms with Gasteiger partial charge in [-0.05, 0) is 60.7 Å². The highest BCUT2D eigenvalue weighted by Gasteiger charge is 2.21. The fraction of sp³-hybridized carbons (Fsp3) is 0.316. The van der Waals surface area contributed by atoms with E-state index in [1.807, 2.05) is 24.3 Å². The van der Waals surface area contributed by atoms with Crippen molar-refractivity contribution in [3.8, 4) is 5.75 Å². The number of nitrogens with one attached hydrogen (secondary N) is 2. The maximum absolute atomic E-state index is 12.4. The summed E-state index contributed by atoms with van der Waals surface area (Å²) in [5, 5.41) is 2.70. The van der Waals surface area contributed by atoms with E-state index in [0.29, 0.717) is 12.2 Å². The molecule has 26 heavy (non-hydrogen) atoms. The normalized spacial score (nSPS) is 13.3. The van der Waals surface area contributed by atoms with Gasteiger partial charge in [-0.3, -0.25) is 4.79 Å². The van der Waals surface area contributed by atoms with E-state index < -0.39 is 10.0 Å². The molecule has 1 heterocycles. The maximum atomic E-state index is 12.4. The maximum Gasteiger partial charge on any atom is 0.240 e. The van der Waals surface area contributed by atoms with Gasteiger partial charge in [-0.15, -0.1) is 0 Å². The molecule has 0 aromatic heterocycles. The summed E-state index contributed by atoms with van der Waals surface area (Å²) in [6.45, 7) is 0.382. The van der Waals surface area contributed by atoms with Crippen molar-refractivity contribution in [3.63, 3.8) is 0 Å². The minimum absolute atomic E-state index is 0.110. The Kier molecular flexibility index (Phi) is 5.58. The number of methoxy groups -OCH3 is 1. The first kappa shape index (κ1) is 18.4. The zero-order valence-corrected chi connectivity index (χ0v) is 15.4. The van der Waals surface area contributed by atoms with Gasteiger partial charge in [-0.2, -0.15) is 0 Å². The first-order valence-corrected chi connectivity index (χ1v) is 10.0. The number of hydrogen-bond acceptors (Lipinski definition) is 4. The molecule has 0 spiro atoms. The number of benzene rings is 2. The summed E-state index contributed by atoms with van der Waals surface area (Å²) in [4.78, 5) is 11.6. The van der Waals surface area contributed by atoms with E-state index >= 15 is 0 Å². The van der Waals surface area contributed by atoms with Crippen molar-refractivity contribution in [2.24, 2.45) is 0 Å². The first-order chi connectivity index (χ1) is 12.5. The van der Waals surface area contributed by atoms with Crippen LogP contribution in [0.4, 0.5) is 5.69 Å². The van der Waals surface area contributed by atoms with Crippen LogP contribution in [0, 0.1) is 0 Å². The van der Waals surface area contributed by atoms with Crippen LogP contribution in [0.2, 0.25) is 0 Å². The summed E-state index contributed by atoms with van der Waals surface area (Å²) in [6.07, 6.45) is 2.74. The average molecular weight is 374 g/mol. The van der Waals surface area contributed by atoms with Crippen LogP contribution in [-0.2, 0) is 27.7 Å². The number of fused-ring (bicyclic) bond motifs is 1. The number of carbonyl (C=O) groups is 1. The van der Waals surface area contributed by atoms with Gasteiger partial charge >= 0.3 is 0 Å². The lowest BCUT2D eigenvalue weighted by molar-refractivity contribution is -0.115. The van der Waals surface area contributed by atoms with E-state index in [1.165, 1.54) is 11.6 Å². The Bertz CT molecular complexity index is 892. The van der Waals surface area contributed by atoms with Gasteiger partial charge in [0.25, 0.3) is 0 Å². The van der Waals surface area contributed by atoms with Crippen LogP contribution < -0.4 is 14.8 Å². The van der Waals surface area contributed by atoms with Gasteiger partial charge in [-0.25, -0.2) is 13.1 Å². The topological polar surface area (TPSA) is 84.5 Å². The van der Waals surface area contributed by atoms with Crippen molar-refractivity contribution in [3.05, 3.63) is 53.6 Å². The molecular formula is C19H22N2O4S. The monoisotopic (exact) mass is 374 g/mol. The third-order valence-electron chi connectivity index (χ3n) is 4.36. The van der Waals surface area contributed by atoms with Gasteiger partial charge < -0.3 is 10.1 Å². The second-order valence-corrected chi connectivity index (χ2v) is 8.01. The van der Waals surface area contributed by atoms with Gasteiger partial charge in [0.15, 0.2) is 0 Å². The summed E-state index contributed by atoms with van der Waals surface area (Å²) < 4.78 is 32.5. The molecule has 0 saturated heterocycles. The quantitative estimate of drug-likeness (QED) is 0.695. The van der Waals surface area contributed by atoms with Crippen LogP contribution in [0.5, 0.6) is 5.75 Å². The molecule has 2 N–H and O–H groups in total. The first-order valence-electron chi connectivity index (χ1n) is 8.53. The summed E-state index contributed by atoms with van der Waals surface area (Å²) in [6, 6.07) is 12.6. The van der Waals surface area contributed by atoms with Crippen molar-refractivity contribution in [2.45, 2.75) is 30.6 Å². The molecule has 6 nitrogen and oxygen atoms in total. The lowest BCUT2D eigenvalue weighted by Gasteiger charge is -2.08. The molecular weight excluding hydrogens is 352 g/mol. The molecule has 3 rings (SSSR count). The molecule has 0 atom stereocenters. The van der Waals surface area contributed by atoms with Crippen LogP contribution in [0.1, 0.15) is 24.0 Å². The van der Waals surface area contributed by atoms with E-state index in [4.69, 9.17) is 4.74 Å². The van der Waals surface area contributed by atoms with Crippen molar-refractivity contribution < 1.29 is 17.9 Å². The molecule has 0 radical (unpaired) electrons. The number of ether oxygens (including phenoxy) is 1. The van der Waals surface area contributed by atoms with Crippen LogP contribution in [-0.4, -0.2) is 28.0 Å². The predicted molar refractivity (Wildman–Crippen MR) is 99.9 cm³/mol. The molecule has 0 aliphatic carbocycles. The number of anilines is 1. The Labute approximate surface area is 153 Å². The highest BCUT2D eigenvalue weighted by atomic mass is 32.2. The SMILES string of the molecule is COc1ccc(CCCCNS(=O)(=O)c2ccc3c(c2)CC(=O)N3)cc1. The predicted octanol–water partition coefficient (Wildman–Crippen LogP) is 2.49. The summed E-state index contributed by atoms with van der Waals surface area (Å²) in [5.41, 5.74) is 2.61. The molecule has 0 unspecified atom stereocenters. The van der Waals surface area contributed by atoms with Crippen LogP contribution in [0.25, 0.3) is 0 Å². The van der Waals surface area contributed by atoms with Gasteiger partial charge in [0, 0.05) is 12.2 Å². The van der Waals surface area contributed by atoms with E-state index in [9.17, 15) is 13.2 Å². The van der Waals surface area contributed by atoms with Crippen LogP contribution in [0.3, 0.4) is 0 Å². The number of aryl methyl sites for hydroxylation is 1. The Balaban J connectivity index is 1.48.